The molecule has 0 aliphatic carbocycles. The van der Waals surface area contributed by atoms with Crippen molar-refractivity contribution < 1.29 is 9.84 Å². The summed E-state index contributed by atoms with van der Waals surface area (Å²) < 4.78 is 5.44. The van der Waals surface area contributed by atoms with Crippen LogP contribution in [-0.2, 0) is 11.2 Å². The molecule has 1 atom stereocenters. The molecular weight excluding hydrogens is 290 g/mol. The molecule has 0 radical (unpaired) electrons. The van der Waals surface area contributed by atoms with E-state index in [1.807, 2.05) is 0 Å². The number of hydrazine groups is 1. The van der Waals surface area contributed by atoms with Crippen LogP contribution in [0.1, 0.15) is 11.8 Å². The Labute approximate surface area is 126 Å². The molecule has 3 heterocycles. The molecule has 0 spiro atoms. The molecule has 1 saturated heterocycles. The number of nitrogens with zero attached hydrogens (tertiary/aromatic N) is 3. The van der Waals surface area contributed by atoms with Crippen molar-refractivity contribution in [2.24, 2.45) is 5.84 Å². The van der Waals surface area contributed by atoms with Gasteiger partial charge in [-0.05, 0) is 12.5 Å². The van der Waals surface area contributed by atoms with Crippen molar-refractivity contribution in [2.45, 2.75) is 19.4 Å². The van der Waals surface area contributed by atoms with Crippen molar-refractivity contribution in [1.29, 1.82) is 0 Å². The van der Waals surface area contributed by atoms with Crippen LogP contribution in [0.15, 0.2) is 6.07 Å². The lowest BCUT2D eigenvalue weighted by Gasteiger charge is -2.35. The summed E-state index contributed by atoms with van der Waals surface area (Å²) in [6.45, 7) is 3.96. The maximum atomic E-state index is 9.57. The molecule has 1 aliphatic rings. The number of nitrogens with two attached hydrogens (primary N) is 1. The standard InChI is InChI=1S/C13H19N5O2S/c1-2-9-5-10-11(15-13(17-14)16-12(10)21-9)18-3-4-20-7-8(18)6-19/h5,8,19H,2-4,6-7,14H2,1H3,(H,15,16,17). The molecule has 1 unspecified atom stereocenters. The van der Waals surface area contributed by atoms with Gasteiger partial charge in [0.2, 0.25) is 5.95 Å². The molecule has 0 bridgehead atoms. The number of aryl methyl sites for hydroxylation is 1. The summed E-state index contributed by atoms with van der Waals surface area (Å²) in [5.74, 6) is 6.69. The Bertz CT molecular complexity index is 632. The zero-order chi connectivity index (χ0) is 14.8. The van der Waals surface area contributed by atoms with Crippen molar-refractivity contribution in [3.8, 4) is 0 Å². The van der Waals surface area contributed by atoms with E-state index in [0.717, 1.165) is 22.5 Å². The molecule has 2 aromatic rings. The number of morpholine rings is 1. The van der Waals surface area contributed by atoms with Crippen LogP contribution in [0, 0.1) is 0 Å². The van der Waals surface area contributed by atoms with Gasteiger partial charge < -0.3 is 14.7 Å². The van der Waals surface area contributed by atoms with Gasteiger partial charge in [-0.3, -0.25) is 5.43 Å². The summed E-state index contributed by atoms with van der Waals surface area (Å²) in [6.07, 6.45) is 0.957. The second-order valence-electron chi connectivity index (χ2n) is 4.90. The maximum absolute atomic E-state index is 9.57. The van der Waals surface area contributed by atoms with Crippen LogP contribution >= 0.6 is 11.3 Å². The normalized spacial score (nSPS) is 19.2. The third-order valence-electron chi connectivity index (χ3n) is 3.61. The molecule has 21 heavy (non-hydrogen) atoms. The molecule has 114 valence electrons. The highest BCUT2D eigenvalue weighted by Gasteiger charge is 2.26. The number of nitrogen functional groups attached to an aromatic ring is 1. The summed E-state index contributed by atoms with van der Waals surface area (Å²) in [4.78, 5) is 13.2. The minimum absolute atomic E-state index is 0.0294. The third kappa shape index (κ3) is 2.67. The molecule has 8 heteroatoms. The van der Waals surface area contributed by atoms with Crippen LogP contribution < -0.4 is 16.2 Å². The fourth-order valence-corrected chi connectivity index (χ4v) is 3.46. The molecule has 4 N–H and O–H groups in total. The average molecular weight is 309 g/mol. The van der Waals surface area contributed by atoms with Crippen LogP contribution in [0.4, 0.5) is 11.8 Å². The summed E-state index contributed by atoms with van der Waals surface area (Å²) in [5.41, 5.74) is 2.52. The van der Waals surface area contributed by atoms with E-state index in [1.54, 1.807) is 11.3 Å². The van der Waals surface area contributed by atoms with Gasteiger partial charge in [0.1, 0.15) is 10.6 Å². The molecule has 0 saturated carbocycles. The highest BCUT2D eigenvalue weighted by molar-refractivity contribution is 7.18. The first-order valence-corrected chi connectivity index (χ1v) is 7.80. The molecule has 3 rings (SSSR count). The molecule has 2 aromatic heterocycles. The Morgan fingerprint density at radius 1 is 1.57 bits per heavy atom. The lowest BCUT2D eigenvalue weighted by atomic mass is 10.2. The quantitative estimate of drug-likeness (QED) is 0.566. The minimum Gasteiger partial charge on any atom is -0.394 e. The topological polar surface area (TPSA) is 96.5 Å². The maximum Gasteiger partial charge on any atom is 0.240 e. The molecule has 1 aliphatic heterocycles. The van der Waals surface area contributed by atoms with Crippen molar-refractivity contribution >= 4 is 33.3 Å². The largest absolute Gasteiger partial charge is 0.394 e. The second-order valence-corrected chi connectivity index (χ2v) is 6.02. The van der Waals surface area contributed by atoms with Crippen molar-refractivity contribution in [3.05, 3.63) is 10.9 Å². The second kappa shape index (κ2) is 6.10. The summed E-state index contributed by atoms with van der Waals surface area (Å²) in [7, 11) is 0. The van der Waals surface area contributed by atoms with E-state index in [2.05, 4.69) is 33.3 Å². The molecule has 0 amide bonds. The Kier molecular flexibility index (Phi) is 4.20. The highest BCUT2D eigenvalue weighted by atomic mass is 32.1. The SMILES string of the molecule is CCc1cc2c(N3CCOCC3CO)nc(NN)nc2s1. The summed E-state index contributed by atoms with van der Waals surface area (Å²) in [5, 5.41) is 10.6. The summed E-state index contributed by atoms with van der Waals surface area (Å²) >= 11 is 1.65. The third-order valence-corrected chi connectivity index (χ3v) is 4.78. The smallest absolute Gasteiger partial charge is 0.240 e. The number of aliphatic hydroxyl groups excluding tert-OH is 1. The molecular formula is C13H19N5O2S. The fourth-order valence-electron chi connectivity index (χ4n) is 2.50. The van der Waals surface area contributed by atoms with E-state index < -0.39 is 0 Å². The minimum atomic E-state index is -0.0903. The summed E-state index contributed by atoms with van der Waals surface area (Å²) in [6, 6.07) is 2.03. The van der Waals surface area contributed by atoms with Gasteiger partial charge in [0, 0.05) is 11.4 Å². The highest BCUT2D eigenvalue weighted by Crippen LogP contribution is 2.33. The van der Waals surface area contributed by atoms with Crippen LogP contribution in [-0.4, -0.2) is 47.5 Å². The van der Waals surface area contributed by atoms with Crippen LogP contribution in [0.25, 0.3) is 10.2 Å². The fraction of sp³-hybridized carbons (Fsp3) is 0.538. The molecule has 1 fully saturated rings. The Morgan fingerprint density at radius 2 is 2.43 bits per heavy atom. The number of nitrogens with one attached hydrogen (secondary N) is 1. The number of aromatic nitrogens is 2. The Balaban J connectivity index is 2.12. The van der Waals surface area contributed by atoms with E-state index >= 15 is 0 Å². The predicted octanol–water partition coefficient (Wildman–Crippen LogP) is 0.737. The Morgan fingerprint density at radius 3 is 3.14 bits per heavy atom. The number of anilines is 2. The van der Waals surface area contributed by atoms with Crippen molar-refractivity contribution in [2.75, 3.05) is 36.7 Å². The lowest BCUT2D eigenvalue weighted by Crippen LogP contribution is -2.48. The van der Waals surface area contributed by atoms with E-state index in [1.165, 1.54) is 4.88 Å². The van der Waals surface area contributed by atoms with Gasteiger partial charge in [0.15, 0.2) is 0 Å². The average Bonchev–Trinajstić information content (AvgIpc) is 2.96. The number of fused-ring (bicyclic) bond motifs is 1. The van der Waals surface area contributed by atoms with Crippen LogP contribution in [0.3, 0.4) is 0 Å². The first-order valence-electron chi connectivity index (χ1n) is 6.99. The van der Waals surface area contributed by atoms with Gasteiger partial charge in [0.25, 0.3) is 0 Å². The predicted molar refractivity (Wildman–Crippen MR) is 83.6 cm³/mol. The first kappa shape index (κ1) is 14.5. The van der Waals surface area contributed by atoms with E-state index in [4.69, 9.17) is 10.6 Å². The lowest BCUT2D eigenvalue weighted by molar-refractivity contribution is 0.0724. The number of hydrogen-bond acceptors (Lipinski definition) is 8. The molecule has 7 nitrogen and oxygen atoms in total. The van der Waals surface area contributed by atoms with Crippen LogP contribution in [0.2, 0.25) is 0 Å². The first-order chi connectivity index (χ1) is 10.3. The monoisotopic (exact) mass is 309 g/mol. The van der Waals surface area contributed by atoms with Gasteiger partial charge >= 0.3 is 0 Å². The number of hydrogen-bond donors (Lipinski definition) is 3. The van der Waals surface area contributed by atoms with E-state index in [0.29, 0.717) is 25.7 Å². The van der Waals surface area contributed by atoms with E-state index in [9.17, 15) is 5.11 Å². The van der Waals surface area contributed by atoms with Crippen molar-refractivity contribution in [3.63, 3.8) is 0 Å². The molecule has 0 aromatic carbocycles. The van der Waals surface area contributed by atoms with Gasteiger partial charge in [-0.15, -0.1) is 11.3 Å². The van der Waals surface area contributed by atoms with Crippen molar-refractivity contribution in [1.82, 2.24) is 9.97 Å². The Hall–Kier alpha value is -1.48. The van der Waals surface area contributed by atoms with Gasteiger partial charge in [0.05, 0.1) is 31.2 Å². The zero-order valence-corrected chi connectivity index (χ0v) is 12.7. The van der Waals surface area contributed by atoms with Gasteiger partial charge in [-0.1, -0.05) is 6.92 Å². The van der Waals surface area contributed by atoms with E-state index in [-0.39, 0.29) is 12.6 Å². The number of ether oxygens (including phenoxy) is 1. The number of thiophene rings is 1. The van der Waals surface area contributed by atoms with Gasteiger partial charge in [-0.2, -0.15) is 4.98 Å². The van der Waals surface area contributed by atoms with Gasteiger partial charge in [-0.25, -0.2) is 10.8 Å². The van der Waals surface area contributed by atoms with Crippen LogP contribution in [0.5, 0.6) is 0 Å². The number of rotatable bonds is 4. The zero-order valence-electron chi connectivity index (χ0n) is 11.9. The number of aliphatic hydroxyl groups is 1.